The first-order valence-corrected chi connectivity index (χ1v) is 14.2. The molecule has 0 saturated carbocycles. The van der Waals surface area contributed by atoms with E-state index in [0.717, 1.165) is 11.6 Å². The van der Waals surface area contributed by atoms with Crippen LogP contribution in [0.2, 0.25) is 10.0 Å². The summed E-state index contributed by atoms with van der Waals surface area (Å²) in [6, 6.07) is 8.41. The van der Waals surface area contributed by atoms with Crippen molar-refractivity contribution >= 4 is 34.9 Å². The molecular weight excluding hydrogens is 543 g/mol. The van der Waals surface area contributed by atoms with E-state index in [2.05, 4.69) is 30.6 Å². The van der Waals surface area contributed by atoms with E-state index >= 15 is 0 Å². The Morgan fingerprint density at radius 3 is 2.33 bits per heavy atom. The van der Waals surface area contributed by atoms with Crippen LogP contribution in [-0.2, 0) is 16.0 Å². The SMILES string of the molecule is CC(=O)[C@H](Cc1ccc(Cl)cc1Cl)N1CCN(C(=O)[C@@H]2CN(C(C)(C)C)C[C@H]2c2ccc(F)cc2F)[C@@H](C)C1. The van der Waals surface area contributed by atoms with E-state index in [4.69, 9.17) is 23.2 Å². The van der Waals surface area contributed by atoms with Gasteiger partial charge < -0.3 is 4.90 Å². The lowest BCUT2D eigenvalue weighted by Crippen LogP contribution is -2.59. The second-order valence-corrected chi connectivity index (χ2v) is 12.7. The molecule has 0 N–H and O–H groups in total. The largest absolute Gasteiger partial charge is 0.337 e. The summed E-state index contributed by atoms with van der Waals surface area (Å²) >= 11 is 12.4. The van der Waals surface area contributed by atoms with Gasteiger partial charge in [0.05, 0.1) is 12.0 Å². The Balaban J connectivity index is 1.52. The molecule has 2 saturated heterocycles. The van der Waals surface area contributed by atoms with Crippen molar-refractivity contribution in [2.24, 2.45) is 5.92 Å². The first-order valence-electron chi connectivity index (χ1n) is 13.4. The van der Waals surface area contributed by atoms with Crippen LogP contribution in [0.1, 0.15) is 51.7 Å². The number of Topliss-reactive ketones (excluding diaryl/α,β-unsaturated/α-hetero) is 1. The van der Waals surface area contributed by atoms with E-state index in [1.54, 1.807) is 19.1 Å². The normalized spacial score (nSPS) is 23.7. The minimum atomic E-state index is -0.630. The number of ketones is 1. The van der Waals surface area contributed by atoms with Crippen LogP contribution < -0.4 is 0 Å². The van der Waals surface area contributed by atoms with E-state index in [-0.39, 0.29) is 35.2 Å². The van der Waals surface area contributed by atoms with Gasteiger partial charge in [0, 0.05) is 66.3 Å². The van der Waals surface area contributed by atoms with Gasteiger partial charge in [0.1, 0.15) is 17.4 Å². The van der Waals surface area contributed by atoms with E-state index in [1.165, 1.54) is 12.1 Å². The van der Waals surface area contributed by atoms with Crippen LogP contribution in [0.4, 0.5) is 8.78 Å². The van der Waals surface area contributed by atoms with Crippen molar-refractivity contribution in [2.75, 3.05) is 32.7 Å². The maximum Gasteiger partial charge on any atom is 0.227 e. The third-order valence-electron chi connectivity index (χ3n) is 8.23. The Morgan fingerprint density at radius 2 is 1.74 bits per heavy atom. The van der Waals surface area contributed by atoms with Crippen LogP contribution in [0.25, 0.3) is 0 Å². The van der Waals surface area contributed by atoms with Gasteiger partial charge in [0.25, 0.3) is 0 Å². The zero-order valence-corrected chi connectivity index (χ0v) is 24.7. The summed E-state index contributed by atoms with van der Waals surface area (Å²) in [5.74, 6) is -2.06. The molecule has 2 aromatic rings. The van der Waals surface area contributed by atoms with Gasteiger partial charge in [-0.25, -0.2) is 8.78 Å². The topological polar surface area (TPSA) is 43.9 Å². The van der Waals surface area contributed by atoms with E-state index < -0.39 is 17.6 Å². The third kappa shape index (κ3) is 6.64. The van der Waals surface area contributed by atoms with Crippen molar-refractivity contribution in [2.45, 2.75) is 64.6 Å². The van der Waals surface area contributed by atoms with Gasteiger partial charge in [-0.15, -0.1) is 0 Å². The fraction of sp³-hybridized carbons (Fsp3) is 0.533. The van der Waals surface area contributed by atoms with Crippen LogP contribution >= 0.6 is 23.2 Å². The fourth-order valence-corrected chi connectivity index (χ4v) is 6.44. The average Bonchev–Trinajstić information content (AvgIpc) is 3.29. The van der Waals surface area contributed by atoms with Crippen molar-refractivity contribution < 1.29 is 18.4 Å². The molecule has 2 aliphatic rings. The lowest BCUT2D eigenvalue weighted by atomic mass is 9.87. The van der Waals surface area contributed by atoms with Gasteiger partial charge >= 0.3 is 0 Å². The van der Waals surface area contributed by atoms with Gasteiger partial charge in [0.15, 0.2) is 0 Å². The first kappa shape index (κ1) is 29.9. The van der Waals surface area contributed by atoms with Crippen molar-refractivity contribution in [3.05, 3.63) is 69.2 Å². The Morgan fingerprint density at radius 1 is 1.03 bits per heavy atom. The molecular formula is C30H37Cl2F2N3O2. The highest BCUT2D eigenvalue weighted by Crippen LogP contribution is 2.39. The zero-order chi connectivity index (χ0) is 28.6. The predicted molar refractivity (Wildman–Crippen MR) is 151 cm³/mol. The highest BCUT2D eigenvalue weighted by molar-refractivity contribution is 6.35. The molecule has 2 aliphatic heterocycles. The monoisotopic (exact) mass is 579 g/mol. The third-order valence-corrected chi connectivity index (χ3v) is 8.82. The summed E-state index contributed by atoms with van der Waals surface area (Å²) in [6.45, 7) is 12.4. The predicted octanol–water partition coefficient (Wildman–Crippen LogP) is 5.82. The summed E-state index contributed by atoms with van der Waals surface area (Å²) in [5, 5.41) is 1.07. The Labute approximate surface area is 240 Å². The number of carbonyl (C=O) groups excluding carboxylic acids is 2. The quantitative estimate of drug-likeness (QED) is 0.432. The molecule has 0 radical (unpaired) electrons. The minimum absolute atomic E-state index is 0.0252. The van der Waals surface area contributed by atoms with Crippen molar-refractivity contribution in [3.8, 4) is 0 Å². The molecule has 0 aliphatic carbocycles. The van der Waals surface area contributed by atoms with Gasteiger partial charge in [-0.2, -0.15) is 0 Å². The summed E-state index contributed by atoms with van der Waals surface area (Å²) in [4.78, 5) is 32.9. The molecule has 0 bridgehead atoms. The van der Waals surface area contributed by atoms with Gasteiger partial charge in [-0.1, -0.05) is 35.3 Å². The smallest absolute Gasteiger partial charge is 0.227 e. The molecule has 39 heavy (non-hydrogen) atoms. The number of nitrogens with zero attached hydrogens (tertiary/aromatic N) is 3. The van der Waals surface area contributed by atoms with Gasteiger partial charge in [-0.3, -0.25) is 19.4 Å². The second-order valence-electron chi connectivity index (χ2n) is 11.9. The Bertz CT molecular complexity index is 1240. The average molecular weight is 581 g/mol. The second kappa shape index (κ2) is 11.8. The number of amides is 1. The summed E-state index contributed by atoms with van der Waals surface area (Å²) < 4.78 is 28.6. The molecule has 4 atom stereocenters. The number of likely N-dealkylation sites (tertiary alicyclic amines) is 1. The van der Waals surface area contributed by atoms with Crippen LogP contribution in [0.5, 0.6) is 0 Å². The molecule has 4 rings (SSSR count). The summed E-state index contributed by atoms with van der Waals surface area (Å²) in [6.07, 6.45) is 0.459. The maximum absolute atomic E-state index is 14.9. The van der Waals surface area contributed by atoms with Crippen LogP contribution in [0, 0.1) is 17.6 Å². The van der Waals surface area contributed by atoms with Gasteiger partial charge in [-0.05, 0) is 70.4 Å². The zero-order valence-electron chi connectivity index (χ0n) is 23.2. The molecule has 0 spiro atoms. The summed E-state index contributed by atoms with van der Waals surface area (Å²) in [5.41, 5.74) is 1.03. The fourth-order valence-electron chi connectivity index (χ4n) is 5.95. The maximum atomic E-state index is 14.9. The van der Waals surface area contributed by atoms with Crippen LogP contribution in [-0.4, -0.2) is 76.7 Å². The van der Waals surface area contributed by atoms with Crippen molar-refractivity contribution in [3.63, 3.8) is 0 Å². The molecule has 0 aromatic heterocycles. The molecule has 2 aromatic carbocycles. The number of hydrogen-bond donors (Lipinski definition) is 0. The Kier molecular flexibility index (Phi) is 9.06. The van der Waals surface area contributed by atoms with Gasteiger partial charge in [0.2, 0.25) is 5.91 Å². The molecule has 0 unspecified atom stereocenters. The summed E-state index contributed by atoms with van der Waals surface area (Å²) in [7, 11) is 0. The number of piperazine rings is 1. The highest BCUT2D eigenvalue weighted by Gasteiger charge is 2.46. The highest BCUT2D eigenvalue weighted by atomic mass is 35.5. The number of benzene rings is 2. The number of carbonyl (C=O) groups is 2. The molecule has 212 valence electrons. The number of hydrogen-bond acceptors (Lipinski definition) is 4. The van der Waals surface area contributed by atoms with Crippen molar-refractivity contribution in [1.29, 1.82) is 0 Å². The lowest BCUT2D eigenvalue weighted by Gasteiger charge is -2.44. The standard InChI is InChI=1S/C30H37Cl2F2N3O2/c1-18-15-35(28(19(2)38)12-20-6-7-21(31)13-26(20)32)10-11-37(18)29(39)25-17-36(30(3,4)5)16-24(25)23-9-8-22(33)14-27(23)34/h6-9,13-14,18,24-25,28H,10-12,15-17H2,1-5H3/t18-,24-,25+,28-/m0/s1. The first-order chi connectivity index (χ1) is 18.3. The van der Waals surface area contributed by atoms with E-state index in [0.29, 0.717) is 54.8 Å². The van der Waals surface area contributed by atoms with Crippen LogP contribution in [0.3, 0.4) is 0 Å². The van der Waals surface area contributed by atoms with Crippen molar-refractivity contribution in [1.82, 2.24) is 14.7 Å². The number of halogens is 4. The van der Waals surface area contributed by atoms with Crippen LogP contribution in [0.15, 0.2) is 36.4 Å². The molecule has 9 heteroatoms. The minimum Gasteiger partial charge on any atom is -0.337 e. The van der Waals surface area contributed by atoms with E-state index in [9.17, 15) is 18.4 Å². The molecule has 5 nitrogen and oxygen atoms in total. The Hall–Kier alpha value is -2.06. The number of rotatable bonds is 6. The molecule has 1 amide bonds. The molecule has 2 fully saturated rings. The lowest BCUT2D eigenvalue weighted by molar-refractivity contribution is -0.141. The molecule has 2 heterocycles. The van der Waals surface area contributed by atoms with E-state index in [1.807, 2.05) is 17.9 Å².